The Balaban J connectivity index is 1.91. The molecule has 0 aliphatic rings. The van der Waals surface area contributed by atoms with E-state index in [1.54, 1.807) is 60.7 Å². The van der Waals surface area contributed by atoms with Crippen molar-refractivity contribution in [1.82, 2.24) is 4.31 Å². The van der Waals surface area contributed by atoms with E-state index in [9.17, 15) is 13.2 Å². The standard InChI is InChI=1S/C22H20Cl2N2O3S/c1-16-10-12-18(13-11-16)30(28,29)26(14-17-6-2-3-7-19(17)23)15-22(27)25-21-9-5-4-8-20(21)24/h2-13H,14-15H2,1H3,(H,25,27). The highest BCUT2D eigenvalue weighted by atomic mass is 35.5. The molecule has 1 amide bonds. The number of sulfonamides is 1. The van der Waals surface area contributed by atoms with Gasteiger partial charge in [-0.15, -0.1) is 0 Å². The Labute approximate surface area is 186 Å². The van der Waals surface area contributed by atoms with Crippen LogP contribution in [0.5, 0.6) is 0 Å². The fraction of sp³-hybridized carbons (Fsp3) is 0.136. The first kappa shape index (κ1) is 22.3. The van der Waals surface area contributed by atoms with Crippen LogP contribution >= 0.6 is 23.2 Å². The molecule has 3 aromatic carbocycles. The van der Waals surface area contributed by atoms with Crippen molar-refractivity contribution in [2.75, 3.05) is 11.9 Å². The lowest BCUT2D eigenvalue weighted by atomic mass is 10.2. The second kappa shape index (κ2) is 9.62. The van der Waals surface area contributed by atoms with E-state index in [2.05, 4.69) is 5.32 Å². The van der Waals surface area contributed by atoms with E-state index in [-0.39, 0.29) is 11.4 Å². The van der Waals surface area contributed by atoms with Gasteiger partial charge in [-0.2, -0.15) is 4.31 Å². The molecule has 8 heteroatoms. The van der Waals surface area contributed by atoms with Crippen molar-refractivity contribution in [3.05, 3.63) is 94.0 Å². The third kappa shape index (κ3) is 5.40. The molecule has 0 saturated heterocycles. The first-order chi connectivity index (χ1) is 14.3. The van der Waals surface area contributed by atoms with Crippen LogP contribution in [-0.2, 0) is 21.4 Å². The summed E-state index contributed by atoms with van der Waals surface area (Å²) in [6.07, 6.45) is 0. The summed E-state index contributed by atoms with van der Waals surface area (Å²) in [6, 6.07) is 20.2. The number of carbonyl (C=O) groups is 1. The highest BCUT2D eigenvalue weighted by Crippen LogP contribution is 2.24. The van der Waals surface area contributed by atoms with Gasteiger partial charge in [0.2, 0.25) is 15.9 Å². The molecule has 0 bridgehead atoms. The maximum Gasteiger partial charge on any atom is 0.243 e. The Bertz CT molecular complexity index is 1150. The molecule has 3 rings (SSSR count). The minimum absolute atomic E-state index is 0.0498. The fourth-order valence-electron chi connectivity index (χ4n) is 2.81. The summed E-state index contributed by atoms with van der Waals surface area (Å²) in [5.74, 6) is -0.508. The molecular weight excluding hydrogens is 443 g/mol. The minimum atomic E-state index is -3.95. The van der Waals surface area contributed by atoms with Gasteiger partial charge in [0, 0.05) is 11.6 Å². The van der Waals surface area contributed by atoms with Gasteiger partial charge in [-0.1, -0.05) is 71.2 Å². The van der Waals surface area contributed by atoms with Crippen LogP contribution in [0.4, 0.5) is 5.69 Å². The van der Waals surface area contributed by atoms with Gasteiger partial charge in [-0.05, 0) is 42.8 Å². The molecule has 0 fully saturated rings. The molecule has 0 heterocycles. The van der Waals surface area contributed by atoms with E-state index in [0.29, 0.717) is 21.3 Å². The molecule has 0 aliphatic heterocycles. The molecular formula is C22H20Cl2N2O3S. The van der Waals surface area contributed by atoms with Crippen molar-refractivity contribution in [3.8, 4) is 0 Å². The Kier molecular flexibility index (Phi) is 7.15. The fourth-order valence-corrected chi connectivity index (χ4v) is 4.57. The monoisotopic (exact) mass is 462 g/mol. The molecule has 156 valence electrons. The van der Waals surface area contributed by atoms with E-state index >= 15 is 0 Å². The number of carbonyl (C=O) groups excluding carboxylic acids is 1. The third-order valence-electron chi connectivity index (χ3n) is 4.43. The number of rotatable bonds is 7. The number of hydrogen-bond acceptors (Lipinski definition) is 3. The van der Waals surface area contributed by atoms with Crippen molar-refractivity contribution < 1.29 is 13.2 Å². The Morgan fingerprint density at radius 1 is 0.900 bits per heavy atom. The van der Waals surface area contributed by atoms with Crippen molar-refractivity contribution in [2.24, 2.45) is 0 Å². The Morgan fingerprint density at radius 2 is 1.50 bits per heavy atom. The number of hydrogen-bond donors (Lipinski definition) is 1. The summed E-state index contributed by atoms with van der Waals surface area (Å²) in [4.78, 5) is 12.8. The minimum Gasteiger partial charge on any atom is -0.324 e. The average molecular weight is 463 g/mol. The predicted molar refractivity (Wildman–Crippen MR) is 120 cm³/mol. The molecule has 1 N–H and O–H groups in total. The number of benzene rings is 3. The average Bonchev–Trinajstić information content (AvgIpc) is 2.71. The van der Waals surface area contributed by atoms with Gasteiger partial charge in [0.15, 0.2) is 0 Å². The number of nitrogens with zero attached hydrogens (tertiary/aromatic N) is 1. The summed E-state index contributed by atoms with van der Waals surface area (Å²) >= 11 is 12.3. The molecule has 0 radical (unpaired) electrons. The van der Waals surface area contributed by atoms with Gasteiger partial charge in [-0.3, -0.25) is 4.79 Å². The maximum absolute atomic E-state index is 13.3. The zero-order chi connectivity index (χ0) is 21.7. The van der Waals surface area contributed by atoms with Crippen LogP contribution in [0.2, 0.25) is 10.0 Å². The normalized spacial score (nSPS) is 11.5. The number of halogens is 2. The molecule has 5 nitrogen and oxygen atoms in total. The third-order valence-corrected chi connectivity index (χ3v) is 6.94. The number of amides is 1. The first-order valence-electron chi connectivity index (χ1n) is 9.12. The molecule has 0 unspecified atom stereocenters. The molecule has 0 aromatic heterocycles. The number of nitrogens with one attached hydrogen (secondary N) is 1. The quantitative estimate of drug-likeness (QED) is 0.528. The second-order valence-corrected chi connectivity index (χ2v) is 9.46. The van der Waals surface area contributed by atoms with Crippen LogP contribution in [0.1, 0.15) is 11.1 Å². The van der Waals surface area contributed by atoms with Crippen molar-refractivity contribution in [3.63, 3.8) is 0 Å². The van der Waals surface area contributed by atoms with Gasteiger partial charge in [0.25, 0.3) is 0 Å². The lowest BCUT2D eigenvalue weighted by Crippen LogP contribution is -2.37. The number of aryl methyl sites for hydroxylation is 1. The van der Waals surface area contributed by atoms with E-state index < -0.39 is 22.5 Å². The lowest BCUT2D eigenvalue weighted by Gasteiger charge is -2.22. The van der Waals surface area contributed by atoms with Crippen LogP contribution in [0.25, 0.3) is 0 Å². The summed E-state index contributed by atoms with van der Waals surface area (Å²) in [5, 5.41) is 3.45. The van der Waals surface area contributed by atoms with Crippen LogP contribution in [0.3, 0.4) is 0 Å². The lowest BCUT2D eigenvalue weighted by molar-refractivity contribution is -0.116. The molecule has 0 saturated carbocycles. The summed E-state index contributed by atoms with van der Waals surface area (Å²) in [5.41, 5.74) is 1.94. The zero-order valence-corrected chi connectivity index (χ0v) is 18.5. The summed E-state index contributed by atoms with van der Waals surface area (Å²) in [6.45, 7) is 1.42. The van der Waals surface area contributed by atoms with Gasteiger partial charge in [-0.25, -0.2) is 8.42 Å². The topological polar surface area (TPSA) is 66.5 Å². The SMILES string of the molecule is Cc1ccc(S(=O)(=O)N(CC(=O)Nc2ccccc2Cl)Cc2ccccc2Cl)cc1. The molecule has 30 heavy (non-hydrogen) atoms. The number of anilines is 1. The Morgan fingerprint density at radius 3 is 2.13 bits per heavy atom. The van der Waals surface area contributed by atoms with Crippen LogP contribution in [-0.4, -0.2) is 25.2 Å². The first-order valence-corrected chi connectivity index (χ1v) is 11.3. The predicted octanol–water partition coefficient (Wildman–Crippen LogP) is 5.13. The van der Waals surface area contributed by atoms with E-state index in [0.717, 1.165) is 9.87 Å². The highest BCUT2D eigenvalue weighted by Gasteiger charge is 2.27. The van der Waals surface area contributed by atoms with Crippen LogP contribution < -0.4 is 5.32 Å². The second-order valence-electron chi connectivity index (χ2n) is 6.71. The van der Waals surface area contributed by atoms with Crippen molar-refractivity contribution in [1.29, 1.82) is 0 Å². The molecule has 0 atom stereocenters. The largest absolute Gasteiger partial charge is 0.324 e. The highest BCUT2D eigenvalue weighted by molar-refractivity contribution is 7.89. The van der Waals surface area contributed by atoms with E-state index in [1.165, 1.54) is 12.1 Å². The van der Waals surface area contributed by atoms with Crippen LogP contribution in [0.15, 0.2) is 77.7 Å². The maximum atomic E-state index is 13.3. The van der Waals surface area contributed by atoms with Gasteiger partial charge in [0.05, 0.1) is 22.2 Å². The van der Waals surface area contributed by atoms with Gasteiger partial charge < -0.3 is 5.32 Å². The number of para-hydroxylation sites is 1. The summed E-state index contributed by atoms with van der Waals surface area (Å²) in [7, 11) is -3.95. The molecule has 3 aromatic rings. The molecule has 0 aliphatic carbocycles. The van der Waals surface area contributed by atoms with Gasteiger partial charge >= 0.3 is 0 Å². The van der Waals surface area contributed by atoms with Crippen molar-refractivity contribution >= 4 is 44.8 Å². The van der Waals surface area contributed by atoms with Crippen molar-refractivity contribution in [2.45, 2.75) is 18.4 Å². The Hall–Kier alpha value is -2.38. The molecule has 0 spiro atoms. The van der Waals surface area contributed by atoms with E-state index in [4.69, 9.17) is 23.2 Å². The van der Waals surface area contributed by atoms with Crippen LogP contribution in [0, 0.1) is 6.92 Å². The zero-order valence-electron chi connectivity index (χ0n) is 16.2. The summed E-state index contributed by atoms with van der Waals surface area (Å²) < 4.78 is 27.7. The van der Waals surface area contributed by atoms with E-state index in [1.807, 2.05) is 6.92 Å². The smallest absolute Gasteiger partial charge is 0.243 e. The van der Waals surface area contributed by atoms with Gasteiger partial charge in [0.1, 0.15) is 0 Å².